The highest BCUT2D eigenvalue weighted by Crippen LogP contribution is 2.40. The van der Waals surface area contributed by atoms with Crippen molar-refractivity contribution in [3.8, 4) is 11.3 Å². The minimum atomic E-state index is -4.64. The van der Waals surface area contributed by atoms with Crippen molar-refractivity contribution in [2.24, 2.45) is 11.8 Å². The van der Waals surface area contributed by atoms with E-state index in [0.717, 1.165) is 32.0 Å². The first-order valence-corrected chi connectivity index (χ1v) is 12.0. The van der Waals surface area contributed by atoms with Crippen molar-refractivity contribution in [2.45, 2.75) is 31.9 Å². The molecule has 194 valence electrons. The van der Waals surface area contributed by atoms with Crippen LogP contribution in [0.5, 0.6) is 0 Å². The number of ether oxygens (including phenoxy) is 1. The number of rotatable bonds is 7. The van der Waals surface area contributed by atoms with Crippen LogP contribution in [0.1, 0.15) is 31.2 Å². The van der Waals surface area contributed by atoms with Gasteiger partial charge < -0.3 is 19.9 Å². The Kier molecular flexibility index (Phi) is 7.67. The standard InChI is InChI=1S/C25H31F3N6O2/c1-34(2)14-16-8-5-4-7-15(16)11-30-23-31-13-19(25(26,27)28)21(33-23)18-12-29-22-17(18)9-6-10-20(22)32-24(35)36-3/h6,9-10,12-13,15-16,29H,4-5,7-8,11,14H2,1-3H3,(H,32,35)(H,30,31,33)/t15-,16+/m0/s1. The maximum absolute atomic E-state index is 13.9. The summed E-state index contributed by atoms with van der Waals surface area (Å²) in [6.07, 6.45) is 1.52. The van der Waals surface area contributed by atoms with Gasteiger partial charge in [0, 0.05) is 36.4 Å². The fourth-order valence-electron chi connectivity index (χ4n) is 4.98. The van der Waals surface area contributed by atoms with Gasteiger partial charge in [0.2, 0.25) is 5.95 Å². The maximum atomic E-state index is 13.9. The Bertz CT molecular complexity index is 1210. The van der Waals surface area contributed by atoms with Crippen molar-refractivity contribution in [1.29, 1.82) is 0 Å². The smallest absolute Gasteiger partial charge is 0.419 e. The van der Waals surface area contributed by atoms with E-state index >= 15 is 0 Å². The molecule has 8 nitrogen and oxygen atoms in total. The predicted molar refractivity (Wildman–Crippen MR) is 133 cm³/mol. The zero-order chi connectivity index (χ0) is 25.9. The predicted octanol–water partition coefficient (Wildman–Crippen LogP) is 5.60. The van der Waals surface area contributed by atoms with Gasteiger partial charge in [0.1, 0.15) is 5.56 Å². The number of carbonyl (C=O) groups excluding carboxylic acids is 1. The Morgan fingerprint density at radius 1 is 1.22 bits per heavy atom. The van der Waals surface area contributed by atoms with E-state index in [1.807, 2.05) is 0 Å². The van der Waals surface area contributed by atoms with E-state index in [9.17, 15) is 18.0 Å². The molecule has 11 heteroatoms. The number of nitrogens with zero attached hydrogens (tertiary/aromatic N) is 3. The minimum absolute atomic E-state index is 0.158. The minimum Gasteiger partial charge on any atom is -0.453 e. The molecule has 3 N–H and O–H groups in total. The third kappa shape index (κ3) is 5.72. The van der Waals surface area contributed by atoms with Crippen molar-refractivity contribution >= 4 is 28.6 Å². The van der Waals surface area contributed by atoms with Gasteiger partial charge in [-0.1, -0.05) is 25.0 Å². The van der Waals surface area contributed by atoms with E-state index in [1.54, 1.807) is 18.2 Å². The normalized spacial score (nSPS) is 18.4. The van der Waals surface area contributed by atoms with Gasteiger partial charge in [-0.25, -0.2) is 14.8 Å². The average molecular weight is 505 g/mol. The molecular formula is C25H31F3N6O2. The molecule has 1 fully saturated rings. The van der Waals surface area contributed by atoms with Gasteiger partial charge in [-0.15, -0.1) is 0 Å². The van der Waals surface area contributed by atoms with Gasteiger partial charge in [-0.05, 0) is 44.8 Å². The molecule has 1 amide bonds. The number of anilines is 2. The number of amides is 1. The van der Waals surface area contributed by atoms with Crippen molar-refractivity contribution in [3.63, 3.8) is 0 Å². The monoisotopic (exact) mass is 504 g/mol. The van der Waals surface area contributed by atoms with Crippen LogP contribution < -0.4 is 10.6 Å². The molecule has 1 aromatic carbocycles. The largest absolute Gasteiger partial charge is 0.453 e. The number of carbonyl (C=O) groups is 1. The van der Waals surface area contributed by atoms with Crippen molar-refractivity contribution in [2.75, 3.05) is 44.9 Å². The molecule has 0 spiro atoms. The Balaban J connectivity index is 1.66. The molecule has 3 aromatic rings. The molecule has 1 aliphatic carbocycles. The third-order valence-electron chi connectivity index (χ3n) is 6.68. The summed E-state index contributed by atoms with van der Waals surface area (Å²) >= 11 is 0. The molecule has 2 heterocycles. The lowest BCUT2D eigenvalue weighted by molar-refractivity contribution is -0.137. The summed E-state index contributed by atoms with van der Waals surface area (Å²) < 4.78 is 46.4. The first kappa shape index (κ1) is 25.7. The van der Waals surface area contributed by atoms with Gasteiger partial charge in [-0.3, -0.25) is 5.32 Å². The van der Waals surface area contributed by atoms with Gasteiger partial charge in [-0.2, -0.15) is 13.2 Å². The lowest BCUT2D eigenvalue weighted by Gasteiger charge is -2.33. The number of aromatic nitrogens is 3. The first-order valence-electron chi connectivity index (χ1n) is 12.0. The van der Waals surface area contributed by atoms with Crippen LogP contribution >= 0.6 is 0 Å². The first-order chi connectivity index (χ1) is 17.2. The van der Waals surface area contributed by atoms with Crippen LogP contribution in [0.25, 0.3) is 22.2 Å². The summed E-state index contributed by atoms with van der Waals surface area (Å²) in [5, 5.41) is 6.25. The molecule has 0 unspecified atom stereocenters. The summed E-state index contributed by atoms with van der Waals surface area (Å²) in [6.45, 7) is 1.58. The highest BCUT2D eigenvalue weighted by Gasteiger charge is 2.36. The number of aromatic amines is 1. The molecule has 4 rings (SSSR count). The molecular weight excluding hydrogens is 473 g/mol. The highest BCUT2D eigenvalue weighted by molar-refractivity contribution is 6.04. The van der Waals surface area contributed by atoms with Crippen molar-refractivity contribution in [1.82, 2.24) is 19.9 Å². The Morgan fingerprint density at radius 3 is 2.67 bits per heavy atom. The van der Waals surface area contributed by atoms with Gasteiger partial charge in [0.25, 0.3) is 0 Å². The lowest BCUT2D eigenvalue weighted by Crippen LogP contribution is -2.33. The fraction of sp³-hybridized carbons (Fsp3) is 0.480. The zero-order valence-electron chi connectivity index (χ0n) is 20.6. The Morgan fingerprint density at radius 2 is 1.97 bits per heavy atom. The summed E-state index contributed by atoms with van der Waals surface area (Å²) in [5.74, 6) is 1.07. The second-order valence-electron chi connectivity index (χ2n) is 9.45. The zero-order valence-corrected chi connectivity index (χ0v) is 20.6. The number of methoxy groups -OCH3 is 1. The van der Waals surface area contributed by atoms with E-state index in [0.29, 0.717) is 35.0 Å². The average Bonchev–Trinajstić information content (AvgIpc) is 3.27. The molecule has 0 saturated heterocycles. The van der Waals surface area contributed by atoms with Gasteiger partial charge >= 0.3 is 12.3 Å². The molecule has 2 aromatic heterocycles. The topological polar surface area (TPSA) is 95.2 Å². The summed E-state index contributed by atoms with van der Waals surface area (Å²) in [5.41, 5.74) is -0.0403. The number of fused-ring (bicyclic) bond motifs is 1. The summed E-state index contributed by atoms with van der Waals surface area (Å²) in [6, 6.07) is 4.95. The van der Waals surface area contributed by atoms with E-state index in [-0.39, 0.29) is 17.2 Å². The van der Waals surface area contributed by atoms with Crippen molar-refractivity contribution < 1.29 is 22.7 Å². The van der Waals surface area contributed by atoms with Crippen LogP contribution in [0.4, 0.5) is 29.6 Å². The van der Waals surface area contributed by atoms with E-state index in [4.69, 9.17) is 0 Å². The molecule has 0 aliphatic heterocycles. The van der Waals surface area contributed by atoms with Crippen LogP contribution in [0.3, 0.4) is 0 Å². The quantitative estimate of drug-likeness (QED) is 0.388. The second kappa shape index (κ2) is 10.7. The van der Waals surface area contributed by atoms with Gasteiger partial charge in [0.05, 0.1) is 24.0 Å². The lowest BCUT2D eigenvalue weighted by atomic mass is 9.79. The number of hydrogen-bond donors (Lipinski definition) is 3. The Labute approximate surface area is 207 Å². The maximum Gasteiger partial charge on any atom is 0.419 e. The molecule has 2 atom stereocenters. The van der Waals surface area contributed by atoms with Crippen molar-refractivity contribution in [3.05, 3.63) is 36.2 Å². The Hall–Kier alpha value is -3.34. The van der Waals surface area contributed by atoms with Gasteiger partial charge in [0.15, 0.2) is 0 Å². The number of alkyl halides is 3. The van der Waals surface area contributed by atoms with Crippen LogP contribution in [0, 0.1) is 11.8 Å². The number of benzene rings is 1. The number of H-pyrrole nitrogens is 1. The fourth-order valence-corrected chi connectivity index (χ4v) is 4.98. The van der Waals surface area contributed by atoms with Crippen LogP contribution in [-0.4, -0.2) is 60.2 Å². The number of para-hydroxylation sites is 1. The van der Waals surface area contributed by atoms with E-state index < -0.39 is 17.8 Å². The molecule has 1 aliphatic rings. The summed E-state index contributed by atoms with van der Waals surface area (Å²) in [4.78, 5) is 25.2. The highest BCUT2D eigenvalue weighted by atomic mass is 19.4. The summed E-state index contributed by atoms with van der Waals surface area (Å²) in [7, 11) is 5.34. The number of halogens is 3. The van der Waals surface area contributed by atoms with E-state index in [2.05, 4.69) is 49.3 Å². The van der Waals surface area contributed by atoms with Crippen LogP contribution in [0.2, 0.25) is 0 Å². The third-order valence-corrected chi connectivity index (χ3v) is 6.68. The molecule has 1 saturated carbocycles. The molecule has 36 heavy (non-hydrogen) atoms. The number of nitrogens with one attached hydrogen (secondary N) is 3. The molecule has 0 radical (unpaired) electrons. The van der Waals surface area contributed by atoms with Crippen LogP contribution in [-0.2, 0) is 10.9 Å². The second-order valence-corrected chi connectivity index (χ2v) is 9.45. The SMILES string of the molecule is COC(=O)Nc1cccc2c(-c3nc(NC[C@@H]4CCCC[C@@H]4CN(C)C)ncc3C(F)(F)F)c[nH]c12. The van der Waals surface area contributed by atoms with E-state index in [1.165, 1.54) is 19.7 Å². The molecule has 0 bridgehead atoms. The number of hydrogen-bond acceptors (Lipinski definition) is 6. The van der Waals surface area contributed by atoms with Crippen LogP contribution in [0.15, 0.2) is 30.6 Å².